The molecule has 0 aliphatic heterocycles. The van der Waals surface area contributed by atoms with Crippen LogP contribution in [0.4, 0.5) is 14.5 Å². The van der Waals surface area contributed by atoms with Crippen LogP contribution < -0.4 is 10.6 Å². The fraction of sp³-hybridized carbons (Fsp3) is 0.238. The van der Waals surface area contributed by atoms with Crippen LogP contribution in [0.1, 0.15) is 34.8 Å². The number of hydrogen-bond donors (Lipinski definition) is 2. The Morgan fingerprint density at radius 1 is 1.18 bits per heavy atom. The van der Waals surface area contributed by atoms with Crippen LogP contribution in [0.2, 0.25) is 0 Å². The van der Waals surface area contributed by atoms with Crippen LogP contribution in [-0.4, -0.2) is 10.9 Å². The Labute approximate surface area is 166 Å². The second-order valence-corrected chi connectivity index (χ2v) is 7.67. The summed E-state index contributed by atoms with van der Waals surface area (Å²) in [7, 11) is 0. The standard InChI is InChI=1S/C21H21F2N3OS/c1-13-3-6-16(7-4-13)25-20(27)10-21-26-17(12-28-21)11-24-14(2)15-5-8-18(22)19(23)9-15/h3-9,12,14,24H,10-11H2,1-2H3,(H,25,27)/p+1/t14-/m1/s1. The molecule has 3 rings (SSSR count). The molecule has 0 saturated carbocycles. The molecule has 3 aromatic rings. The molecule has 28 heavy (non-hydrogen) atoms. The maximum Gasteiger partial charge on any atom is 0.231 e. The average Bonchev–Trinajstić information content (AvgIpc) is 3.11. The quantitative estimate of drug-likeness (QED) is 0.633. The lowest BCUT2D eigenvalue weighted by atomic mass is 10.1. The second kappa shape index (κ2) is 9.03. The zero-order chi connectivity index (χ0) is 20.1. The Balaban J connectivity index is 1.51. The first-order valence-electron chi connectivity index (χ1n) is 8.99. The zero-order valence-electron chi connectivity index (χ0n) is 15.7. The largest absolute Gasteiger partial charge is 0.335 e. The lowest BCUT2D eigenvalue weighted by Gasteiger charge is -2.10. The van der Waals surface area contributed by atoms with Crippen LogP contribution in [0.5, 0.6) is 0 Å². The molecule has 0 bridgehead atoms. The summed E-state index contributed by atoms with van der Waals surface area (Å²) >= 11 is 1.44. The van der Waals surface area contributed by atoms with Gasteiger partial charge in [0.15, 0.2) is 11.6 Å². The average molecular weight is 402 g/mol. The van der Waals surface area contributed by atoms with E-state index in [-0.39, 0.29) is 18.4 Å². The topological polar surface area (TPSA) is 58.6 Å². The van der Waals surface area contributed by atoms with E-state index in [0.29, 0.717) is 12.1 Å². The van der Waals surface area contributed by atoms with Crippen molar-refractivity contribution in [1.82, 2.24) is 4.98 Å². The first kappa shape index (κ1) is 20.1. The maximum atomic E-state index is 13.4. The van der Waals surface area contributed by atoms with Crippen LogP contribution in [-0.2, 0) is 17.8 Å². The number of nitrogens with zero attached hydrogens (tertiary/aromatic N) is 1. The fourth-order valence-corrected chi connectivity index (χ4v) is 3.54. The Morgan fingerprint density at radius 2 is 1.93 bits per heavy atom. The number of thiazole rings is 1. The molecular formula is C21H22F2N3OS+. The van der Waals surface area contributed by atoms with Crippen LogP contribution in [0, 0.1) is 18.6 Å². The normalized spacial score (nSPS) is 12.0. The van der Waals surface area contributed by atoms with Crippen LogP contribution in [0.15, 0.2) is 47.8 Å². The highest BCUT2D eigenvalue weighted by atomic mass is 32.1. The fourth-order valence-electron chi connectivity index (χ4n) is 2.73. The minimum Gasteiger partial charge on any atom is -0.335 e. The van der Waals surface area contributed by atoms with Crippen molar-refractivity contribution in [3.8, 4) is 0 Å². The number of anilines is 1. The van der Waals surface area contributed by atoms with Crippen molar-refractivity contribution in [1.29, 1.82) is 0 Å². The summed E-state index contributed by atoms with van der Waals surface area (Å²) in [5.41, 5.74) is 3.47. The third-order valence-electron chi connectivity index (χ3n) is 4.40. The summed E-state index contributed by atoms with van der Waals surface area (Å²) in [4.78, 5) is 16.7. The van der Waals surface area contributed by atoms with Gasteiger partial charge in [-0.3, -0.25) is 4.79 Å². The van der Waals surface area contributed by atoms with E-state index in [2.05, 4.69) is 10.3 Å². The van der Waals surface area contributed by atoms with Gasteiger partial charge in [0.2, 0.25) is 5.91 Å². The molecule has 1 amide bonds. The molecule has 7 heteroatoms. The van der Waals surface area contributed by atoms with Gasteiger partial charge in [0.25, 0.3) is 0 Å². The van der Waals surface area contributed by atoms with Crippen molar-refractivity contribution in [2.75, 3.05) is 5.32 Å². The molecule has 0 unspecified atom stereocenters. The predicted octanol–water partition coefficient (Wildman–Crippen LogP) is 3.74. The molecule has 4 nitrogen and oxygen atoms in total. The Morgan fingerprint density at radius 3 is 2.64 bits per heavy atom. The van der Waals surface area contributed by atoms with Crippen LogP contribution in [0.25, 0.3) is 0 Å². The van der Waals surface area contributed by atoms with Crippen LogP contribution >= 0.6 is 11.3 Å². The first-order valence-corrected chi connectivity index (χ1v) is 9.87. The van der Waals surface area contributed by atoms with Gasteiger partial charge < -0.3 is 10.6 Å². The van der Waals surface area contributed by atoms with Gasteiger partial charge in [-0.15, -0.1) is 11.3 Å². The van der Waals surface area contributed by atoms with Gasteiger partial charge in [-0.2, -0.15) is 0 Å². The van der Waals surface area contributed by atoms with Crippen molar-refractivity contribution in [2.45, 2.75) is 32.9 Å². The molecule has 0 spiro atoms. The molecule has 3 N–H and O–H groups in total. The van der Waals surface area contributed by atoms with Gasteiger partial charge in [0.1, 0.15) is 23.3 Å². The molecule has 0 fully saturated rings. The lowest BCUT2D eigenvalue weighted by molar-refractivity contribution is -0.708. The van der Waals surface area contributed by atoms with E-state index in [0.717, 1.165) is 28.0 Å². The SMILES string of the molecule is Cc1ccc(NC(=O)Cc2nc(C[NH2+][C@H](C)c3ccc(F)c(F)c3)cs2)cc1. The number of rotatable bonds is 7. The number of quaternary nitrogens is 1. The molecule has 0 radical (unpaired) electrons. The summed E-state index contributed by atoms with van der Waals surface area (Å²) in [6.45, 7) is 4.51. The molecule has 1 atom stereocenters. The third kappa shape index (κ3) is 5.43. The van der Waals surface area contributed by atoms with E-state index in [1.165, 1.54) is 17.4 Å². The number of hydrogen-bond acceptors (Lipinski definition) is 3. The number of amides is 1. The number of benzene rings is 2. The van der Waals surface area contributed by atoms with Gasteiger partial charge in [-0.05, 0) is 44.2 Å². The van der Waals surface area contributed by atoms with Crippen LogP contribution in [0.3, 0.4) is 0 Å². The van der Waals surface area contributed by atoms with Crippen molar-refractivity contribution in [3.63, 3.8) is 0 Å². The van der Waals surface area contributed by atoms with Crippen molar-refractivity contribution < 1.29 is 18.9 Å². The number of carbonyl (C=O) groups excluding carboxylic acids is 1. The monoisotopic (exact) mass is 402 g/mol. The number of aryl methyl sites for hydroxylation is 1. The van der Waals surface area contributed by atoms with E-state index >= 15 is 0 Å². The molecule has 1 heterocycles. The van der Waals surface area contributed by atoms with Crippen molar-refractivity contribution in [3.05, 3.63) is 81.3 Å². The summed E-state index contributed by atoms with van der Waals surface area (Å²) in [6, 6.07) is 11.5. The Hall–Kier alpha value is -2.64. The molecule has 0 aliphatic rings. The molecule has 146 valence electrons. The summed E-state index contributed by atoms with van der Waals surface area (Å²) < 4.78 is 26.4. The zero-order valence-corrected chi connectivity index (χ0v) is 16.5. The molecule has 2 aromatic carbocycles. The van der Waals surface area contributed by atoms with Crippen molar-refractivity contribution >= 4 is 22.9 Å². The molecular weight excluding hydrogens is 380 g/mol. The van der Waals surface area contributed by atoms with E-state index in [4.69, 9.17) is 0 Å². The maximum absolute atomic E-state index is 13.4. The predicted molar refractivity (Wildman–Crippen MR) is 106 cm³/mol. The minimum atomic E-state index is -0.844. The highest BCUT2D eigenvalue weighted by Crippen LogP contribution is 2.15. The highest BCUT2D eigenvalue weighted by molar-refractivity contribution is 7.09. The van der Waals surface area contributed by atoms with Gasteiger partial charge in [0.05, 0.1) is 6.42 Å². The highest BCUT2D eigenvalue weighted by Gasteiger charge is 2.14. The summed E-state index contributed by atoms with van der Waals surface area (Å²) in [5.74, 6) is -1.79. The Bertz CT molecular complexity index is 957. The van der Waals surface area contributed by atoms with Gasteiger partial charge in [0, 0.05) is 16.6 Å². The van der Waals surface area contributed by atoms with E-state index in [1.807, 2.05) is 48.8 Å². The van der Waals surface area contributed by atoms with E-state index in [9.17, 15) is 13.6 Å². The number of carbonyl (C=O) groups is 1. The van der Waals surface area contributed by atoms with Gasteiger partial charge in [-0.1, -0.05) is 17.7 Å². The van der Waals surface area contributed by atoms with E-state index < -0.39 is 11.6 Å². The lowest BCUT2D eigenvalue weighted by Crippen LogP contribution is -2.83. The number of nitrogens with two attached hydrogens (primary N) is 1. The third-order valence-corrected chi connectivity index (χ3v) is 5.29. The second-order valence-electron chi connectivity index (χ2n) is 6.73. The molecule has 1 aromatic heterocycles. The van der Waals surface area contributed by atoms with Crippen molar-refractivity contribution in [2.24, 2.45) is 0 Å². The van der Waals surface area contributed by atoms with Gasteiger partial charge in [-0.25, -0.2) is 13.8 Å². The number of nitrogens with one attached hydrogen (secondary N) is 1. The molecule has 0 saturated heterocycles. The Kier molecular flexibility index (Phi) is 6.49. The number of aromatic nitrogens is 1. The van der Waals surface area contributed by atoms with Gasteiger partial charge >= 0.3 is 0 Å². The molecule has 0 aliphatic carbocycles. The minimum absolute atomic E-state index is 0.0370. The van der Waals surface area contributed by atoms with E-state index in [1.54, 1.807) is 6.07 Å². The summed E-state index contributed by atoms with van der Waals surface area (Å²) in [6.07, 6.45) is 0.220. The first-order chi connectivity index (χ1) is 13.4. The number of halogens is 2. The smallest absolute Gasteiger partial charge is 0.231 e. The summed E-state index contributed by atoms with van der Waals surface area (Å²) in [5, 5.41) is 7.52.